The van der Waals surface area contributed by atoms with Gasteiger partial charge in [0.2, 0.25) is 0 Å². The minimum absolute atomic E-state index is 0.752. The summed E-state index contributed by atoms with van der Waals surface area (Å²) in [6.45, 7) is 28.1. The Balaban J connectivity index is -0.0000000659. The smallest absolute Gasteiger partial charge is 0.0299 e. The molecule has 0 aliphatic rings. The van der Waals surface area contributed by atoms with Crippen LogP contribution in [0.25, 0.3) is 0 Å². The molecule has 23 heavy (non-hydrogen) atoms. The molecule has 0 saturated carbocycles. The first-order valence-corrected chi connectivity index (χ1v) is 9.12. The summed E-state index contributed by atoms with van der Waals surface area (Å²) in [6.07, 6.45) is 13.2. The third-order valence-electron chi connectivity index (χ3n) is 1.95. The molecule has 0 amide bonds. The lowest BCUT2D eigenvalue weighted by Crippen LogP contribution is -1.77. The van der Waals surface area contributed by atoms with Gasteiger partial charge in [-0.2, -0.15) is 0 Å². The Labute approximate surface area is 150 Å². The zero-order valence-corrected chi connectivity index (χ0v) is 18.1. The second kappa shape index (κ2) is 37.2. The van der Waals surface area contributed by atoms with E-state index in [0.717, 1.165) is 18.8 Å². The highest BCUT2D eigenvalue weighted by atomic mass is 13.9. The second-order valence-corrected chi connectivity index (χ2v) is 5.51. The van der Waals surface area contributed by atoms with Gasteiger partial charge in [-0.05, 0) is 26.2 Å². The Morgan fingerprint density at radius 3 is 1.52 bits per heavy atom. The van der Waals surface area contributed by atoms with E-state index >= 15 is 0 Å². The fourth-order valence-corrected chi connectivity index (χ4v) is 0.600. The first-order valence-electron chi connectivity index (χ1n) is 9.12. The van der Waals surface area contributed by atoms with E-state index in [2.05, 4.69) is 60.6 Å². The van der Waals surface area contributed by atoms with Gasteiger partial charge in [0.15, 0.2) is 0 Å². The number of hydrogen-bond acceptors (Lipinski definition) is 0. The van der Waals surface area contributed by atoms with Crippen molar-refractivity contribution >= 4 is 0 Å². The summed E-state index contributed by atoms with van der Waals surface area (Å²) >= 11 is 0. The van der Waals surface area contributed by atoms with Crippen molar-refractivity contribution in [3.05, 3.63) is 36.5 Å². The van der Waals surface area contributed by atoms with E-state index in [1.165, 1.54) is 24.0 Å². The Morgan fingerprint density at radius 1 is 1.09 bits per heavy atom. The lowest BCUT2D eigenvalue weighted by Gasteiger charge is -1.93. The largest absolute Gasteiger partial charge is 0.120 e. The number of allylic oxidation sites excluding steroid dienone is 4. The van der Waals surface area contributed by atoms with Crippen LogP contribution in [0.15, 0.2) is 36.5 Å². The zero-order chi connectivity index (χ0) is 19.7. The maximum absolute atomic E-state index is 5.11. The lowest BCUT2D eigenvalue weighted by atomic mass is 10.1. The number of rotatable bonds is 4. The molecule has 0 nitrogen and oxygen atoms in total. The average molecular weight is 323 g/mol. The van der Waals surface area contributed by atoms with Crippen molar-refractivity contribution in [3.63, 3.8) is 0 Å². The molecule has 0 heterocycles. The van der Waals surface area contributed by atoms with Crippen LogP contribution in [0.5, 0.6) is 0 Å². The molecule has 0 rings (SSSR count). The molecule has 0 aliphatic heterocycles. The fraction of sp³-hybridized carbons (Fsp3) is 0.652. The van der Waals surface area contributed by atoms with E-state index in [-0.39, 0.29) is 0 Å². The minimum Gasteiger partial charge on any atom is -0.120 e. The van der Waals surface area contributed by atoms with Crippen LogP contribution in [0.2, 0.25) is 0 Å². The highest BCUT2D eigenvalue weighted by Crippen LogP contribution is 2.04. The highest BCUT2D eigenvalue weighted by molar-refractivity contribution is 5.15. The van der Waals surface area contributed by atoms with Crippen LogP contribution < -0.4 is 0 Å². The molecule has 0 spiro atoms. The van der Waals surface area contributed by atoms with Gasteiger partial charge in [0.05, 0.1) is 0 Å². The van der Waals surface area contributed by atoms with Crippen molar-refractivity contribution in [2.24, 2.45) is 5.92 Å². The molecule has 0 aromatic heterocycles. The van der Waals surface area contributed by atoms with E-state index < -0.39 is 0 Å². The standard InChI is InChI=1S/C9H12.C5H12.C4H8.C3H8.C2H6/c1-4-7-9(6-3)8-5-2;1-4-5(2)3;1-4(2)3;1-3-2;1-2/h1,5,8H,2,6-7H2,3H3;5H,4H2,1-3H3;1H2,2-3H3;3H2,1-2H3;1-2H3/b9-8-;;;;. The van der Waals surface area contributed by atoms with Gasteiger partial charge < -0.3 is 0 Å². The number of terminal acetylenes is 1. The molecule has 0 radical (unpaired) electrons. The molecule has 0 aromatic carbocycles. The third kappa shape index (κ3) is 95.1. The Hall–Kier alpha value is -1.22. The summed E-state index contributed by atoms with van der Waals surface area (Å²) in [5, 5.41) is 0. The molecule has 0 heteroatoms. The normalized spacial score (nSPS) is 8.35. The van der Waals surface area contributed by atoms with Crippen LogP contribution in [-0.4, -0.2) is 0 Å². The third-order valence-corrected chi connectivity index (χ3v) is 1.95. The van der Waals surface area contributed by atoms with Crippen molar-refractivity contribution in [2.75, 3.05) is 0 Å². The highest BCUT2D eigenvalue weighted by Gasteiger charge is 1.86. The molecule has 138 valence electrons. The van der Waals surface area contributed by atoms with Crippen LogP contribution in [-0.2, 0) is 0 Å². The predicted molar refractivity (Wildman–Crippen MR) is 115 cm³/mol. The van der Waals surface area contributed by atoms with Gasteiger partial charge in [0.1, 0.15) is 0 Å². The Morgan fingerprint density at radius 2 is 1.39 bits per heavy atom. The SMILES string of the molecule is C#CC/C(=C\C=C)CC.C=C(C)C.CC.CCC.CCC(C)C. The summed E-state index contributed by atoms with van der Waals surface area (Å²) < 4.78 is 0. The molecule has 0 saturated heterocycles. The van der Waals surface area contributed by atoms with Crippen LogP contribution in [0, 0.1) is 18.3 Å². The zero-order valence-electron chi connectivity index (χ0n) is 18.1. The van der Waals surface area contributed by atoms with E-state index in [1.807, 2.05) is 33.8 Å². The van der Waals surface area contributed by atoms with Gasteiger partial charge in [-0.1, -0.05) is 98.1 Å². The molecule has 0 aromatic rings. The van der Waals surface area contributed by atoms with Crippen molar-refractivity contribution in [1.29, 1.82) is 0 Å². The molecule has 0 aliphatic carbocycles. The Kier molecular flexibility index (Phi) is 54.0. The second-order valence-electron chi connectivity index (χ2n) is 5.51. The molecule has 0 atom stereocenters. The Bertz CT molecular complexity index is 267. The van der Waals surface area contributed by atoms with Crippen molar-refractivity contribution < 1.29 is 0 Å². The van der Waals surface area contributed by atoms with E-state index in [4.69, 9.17) is 6.42 Å². The molecular weight excluding hydrogens is 276 g/mol. The van der Waals surface area contributed by atoms with Crippen LogP contribution >= 0.6 is 0 Å². The van der Waals surface area contributed by atoms with Crippen molar-refractivity contribution in [1.82, 2.24) is 0 Å². The van der Waals surface area contributed by atoms with Crippen molar-refractivity contribution in [2.45, 2.75) is 94.9 Å². The summed E-state index contributed by atoms with van der Waals surface area (Å²) in [5.41, 5.74) is 2.44. The van der Waals surface area contributed by atoms with Crippen LogP contribution in [0.3, 0.4) is 0 Å². The van der Waals surface area contributed by atoms with E-state index in [9.17, 15) is 0 Å². The lowest BCUT2D eigenvalue weighted by molar-refractivity contribution is 0.626. The van der Waals surface area contributed by atoms with E-state index in [1.54, 1.807) is 6.08 Å². The summed E-state index contributed by atoms with van der Waals surface area (Å²) in [5.74, 6) is 3.47. The maximum atomic E-state index is 5.11. The molecule has 0 N–H and O–H groups in total. The molecule has 0 fully saturated rings. The molecule has 0 unspecified atom stereocenters. The van der Waals surface area contributed by atoms with Gasteiger partial charge in [-0.25, -0.2) is 0 Å². The summed E-state index contributed by atoms with van der Waals surface area (Å²) in [6, 6.07) is 0. The first kappa shape index (κ1) is 33.4. The predicted octanol–water partition coefficient (Wildman–Crippen LogP) is 8.61. The van der Waals surface area contributed by atoms with Gasteiger partial charge in [-0.15, -0.1) is 18.9 Å². The minimum atomic E-state index is 0.752. The van der Waals surface area contributed by atoms with Crippen LogP contribution in [0.1, 0.15) is 94.9 Å². The van der Waals surface area contributed by atoms with Crippen LogP contribution in [0.4, 0.5) is 0 Å². The topological polar surface area (TPSA) is 0 Å². The monoisotopic (exact) mass is 322 g/mol. The average Bonchev–Trinajstić information content (AvgIpc) is 2.50. The van der Waals surface area contributed by atoms with Gasteiger partial charge in [-0.3, -0.25) is 0 Å². The maximum Gasteiger partial charge on any atom is 0.0299 e. The van der Waals surface area contributed by atoms with Gasteiger partial charge in [0.25, 0.3) is 0 Å². The fourth-order valence-electron chi connectivity index (χ4n) is 0.600. The number of hydrogen-bond donors (Lipinski definition) is 0. The van der Waals surface area contributed by atoms with Crippen molar-refractivity contribution in [3.8, 4) is 12.3 Å². The van der Waals surface area contributed by atoms with Gasteiger partial charge in [0, 0.05) is 6.42 Å². The van der Waals surface area contributed by atoms with Gasteiger partial charge >= 0.3 is 0 Å². The summed E-state index contributed by atoms with van der Waals surface area (Å²) in [4.78, 5) is 0. The quantitative estimate of drug-likeness (QED) is 0.276. The first-order chi connectivity index (χ1) is 10.8. The summed E-state index contributed by atoms with van der Waals surface area (Å²) in [7, 11) is 0. The molecular formula is C23H46. The van der Waals surface area contributed by atoms with E-state index in [0.29, 0.717) is 0 Å². The molecule has 0 bridgehead atoms.